The van der Waals surface area contributed by atoms with Crippen molar-refractivity contribution < 1.29 is 13.2 Å². The summed E-state index contributed by atoms with van der Waals surface area (Å²) in [5.41, 5.74) is 0. The molecule has 0 aliphatic rings. The van der Waals surface area contributed by atoms with Gasteiger partial charge in [0, 0.05) is 38.4 Å². The lowest BCUT2D eigenvalue weighted by Gasteiger charge is -2.17. The zero-order chi connectivity index (χ0) is 16.5. The molecule has 9 heteroatoms. The molecule has 0 saturated carbocycles. The summed E-state index contributed by atoms with van der Waals surface area (Å²) in [7, 11) is -1.32. The molecule has 1 atom stereocenters. The van der Waals surface area contributed by atoms with Crippen LogP contribution >= 0.6 is 24.0 Å². The van der Waals surface area contributed by atoms with Crippen molar-refractivity contribution >= 4 is 45.7 Å². The molecule has 0 rings (SSSR count). The zero-order valence-corrected chi connectivity index (χ0v) is 17.1. The van der Waals surface area contributed by atoms with Gasteiger partial charge < -0.3 is 16.0 Å². The van der Waals surface area contributed by atoms with Crippen molar-refractivity contribution in [3.05, 3.63) is 0 Å². The summed E-state index contributed by atoms with van der Waals surface area (Å²) in [6.07, 6.45) is 2.09. The van der Waals surface area contributed by atoms with Crippen molar-refractivity contribution in [2.24, 2.45) is 4.99 Å². The highest BCUT2D eigenvalue weighted by Crippen LogP contribution is 1.95. The predicted octanol–water partition coefficient (Wildman–Crippen LogP) is 0.507. The normalized spacial score (nSPS) is 13.3. The third-order valence-corrected chi connectivity index (χ3v) is 3.60. The van der Waals surface area contributed by atoms with E-state index in [1.807, 2.05) is 20.8 Å². The molecule has 0 aliphatic heterocycles. The molecule has 0 fully saturated rings. The first kappa shape index (κ1) is 23.7. The van der Waals surface area contributed by atoms with Crippen LogP contribution in [0.5, 0.6) is 0 Å². The highest BCUT2D eigenvalue weighted by molar-refractivity contribution is 14.0. The molecule has 3 N–H and O–H groups in total. The van der Waals surface area contributed by atoms with Crippen molar-refractivity contribution in [3.63, 3.8) is 0 Å². The van der Waals surface area contributed by atoms with Gasteiger partial charge in [-0.2, -0.15) is 0 Å². The highest BCUT2D eigenvalue weighted by Gasteiger charge is 2.10. The lowest BCUT2D eigenvalue weighted by Crippen LogP contribution is -2.44. The molecule has 0 aromatic heterocycles. The Morgan fingerprint density at radius 1 is 1.18 bits per heavy atom. The largest absolute Gasteiger partial charge is 0.356 e. The third kappa shape index (κ3) is 14.4. The van der Waals surface area contributed by atoms with Gasteiger partial charge in [-0.25, -0.2) is 8.42 Å². The number of guanidine groups is 1. The summed E-state index contributed by atoms with van der Waals surface area (Å²) < 4.78 is 22.2. The number of amides is 1. The van der Waals surface area contributed by atoms with E-state index >= 15 is 0 Å². The maximum atomic E-state index is 11.5. The second-order valence-corrected chi connectivity index (χ2v) is 7.69. The fraction of sp³-hybridized carbons (Fsp3) is 0.846. The molecule has 1 unspecified atom stereocenters. The molecule has 0 aromatic carbocycles. The number of hydrogen-bond donors (Lipinski definition) is 3. The first-order valence-corrected chi connectivity index (χ1v) is 9.14. The molecule has 22 heavy (non-hydrogen) atoms. The summed E-state index contributed by atoms with van der Waals surface area (Å²) in [5.74, 6) is 0.682. The minimum absolute atomic E-state index is 0. The van der Waals surface area contributed by atoms with E-state index in [-0.39, 0.29) is 47.7 Å². The van der Waals surface area contributed by atoms with Gasteiger partial charge >= 0.3 is 0 Å². The number of nitrogens with one attached hydrogen (secondary N) is 3. The Labute approximate surface area is 151 Å². The molecule has 0 aromatic rings. The molecule has 0 saturated heterocycles. The Morgan fingerprint density at radius 2 is 1.77 bits per heavy atom. The summed E-state index contributed by atoms with van der Waals surface area (Å²) >= 11 is 0. The van der Waals surface area contributed by atoms with Gasteiger partial charge in [0.15, 0.2) is 5.96 Å². The van der Waals surface area contributed by atoms with Gasteiger partial charge in [0.2, 0.25) is 5.91 Å². The van der Waals surface area contributed by atoms with Crippen LogP contribution in [0.25, 0.3) is 0 Å². The Kier molecular flexibility index (Phi) is 12.8. The number of hydrogen-bond acceptors (Lipinski definition) is 4. The number of rotatable bonds is 8. The average molecular weight is 448 g/mol. The van der Waals surface area contributed by atoms with E-state index in [4.69, 9.17) is 0 Å². The highest BCUT2D eigenvalue weighted by atomic mass is 127. The maximum Gasteiger partial charge on any atom is 0.221 e. The lowest BCUT2D eigenvalue weighted by molar-refractivity contribution is -0.121. The number of carbonyl (C=O) groups is 1. The second-order valence-electron chi connectivity index (χ2n) is 5.44. The monoisotopic (exact) mass is 448 g/mol. The molecular formula is C13H29IN4O3S. The Bertz CT molecular complexity index is 452. The molecule has 1 amide bonds. The average Bonchev–Trinajstić information content (AvgIpc) is 2.33. The number of sulfone groups is 1. The Hall–Kier alpha value is -0.580. The van der Waals surface area contributed by atoms with E-state index in [9.17, 15) is 13.2 Å². The third-order valence-electron chi connectivity index (χ3n) is 2.62. The first-order valence-electron chi connectivity index (χ1n) is 7.08. The van der Waals surface area contributed by atoms with Gasteiger partial charge in [0.1, 0.15) is 9.84 Å². The Balaban J connectivity index is 0. The molecule has 0 bridgehead atoms. The first-order chi connectivity index (χ1) is 9.64. The number of aliphatic imine (C=N–C) groups is 1. The van der Waals surface area contributed by atoms with E-state index < -0.39 is 9.84 Å². The van der Waals surface area contributed by atoms with Crippen LogP contribution < -0.4 is 16.0 Å². The smallest absolute Gasteiger partial charge is 0.221 e. The standard InChI is InChI=1S/C13H28N4O3S.HI/c1-10(2)16-12(18)6-8-15-13(14-4)17-11(3)7-9-21(5,19)20;/h10-11H,6-9H2,1-5H3,(H,16,18)(H2,14,15,17);1H. The van der Waals surface area contributed by atoms with E-state index in [1.54, 1.807) is 7.05 Å². The van der Waals surface area contributed by atoms with Gasteiger partial charge in [-0.15, -0.1) is 24.0 Å². The van der Waals surface area contributed by atoms with Crippen molar-refractivity contribution in [1.29, 1.82) is 0 Å². The molecule has 0 radical (unpaired) electrons. The van der Waals surface area contributed by atoms with Gasteiger partial charge in [-0.1, -0.05) is 0 Å². The molecule has 0 spiro atoms. The van der Waals surface area contributed by atoms with E-state index in [1.165, 1.54) is 6.26 Å². The molecule has 0 aliphatic carbocycles. The predicted molar refractivity (Wildman–Crippen MR) is 102 cm³/mol. The van der Waals surface area contributed by atoms with Crippen LogP contribution in [0.2, 0.25) is 0 Å². The molecule has 7 nitrogen and oxygen atoms in total. The van der Waals surface area contributed by atoms with Crippen molar-refractivity contribution in [2.75, 3.05) is 25.6 Å². The van der Waals surface area contributed by atoms with Crippen molar-refractivity contribution in [3.8, 4) is 0 Å². The molecule has 132 valence electrons. The summed E-state index contributed by atoms with van der Waals surface area (Å²) in [4.78, 5) is 15.5. The summed E-state index contributed by atoms with van der Waals surface area (Å²) in [5, 5.41) is 8.93. The van der Waals surface area contributed by atoms with Crippen LogP contribution in [0.3, 0.4) is 0 Å². The lowest BCUT2D eigenvalue weighted by atomic mass is 10.3. The number of halogens is 1. The minimum atomic E-state index is -2.95. The summed E-state index contributed by atoms with van der Waals surface area (Å²) in [6.45, 7) is 6.19. The van der Waals surface area contributed by atoms with Gasteiger partial charge in [0.25, 0.3) is 0 Å². The topological polar surface area (TPSA) is 99.7 Å². The van der Waals surface area contributed by atoms with Crippen molar-refractivity contribution in [2.45, 2.75) is 45.7 Å². The number of nitrogens with zero attached hydrogens (tertiary/aromatic N) is 1. The van der Waals surface area contributed by atoms with Crippen LogP contribution in [0.1, 0.15) is 33.6 Å². The quantitative estimate of drug-likeness (QED) is 0.286. The second kappa shape index (κ2) is 11.9. The van der Waals surface area contributed by atoms with Crippen LogP contribution in [0.4, 0.5) is 0 Å². The van der Waals surface area contributed by atoms with Crippen LogP contribution in [-0.4, -0.2) is 58.0 Å². The minimum Gasteiger partial charge on any atom is -0.356 e. The summed E-state index contributed by atoms with van der Waals surface area (Å²) in [6, 6.07) is 0.112. The molecular weight excluding hydrogens is 419 g/mol. The van der Waals surface area contributed by atoms with Crippen LogP contribution in [0.15, 0.2) is 4.99 Å². The number of carbonyl (C=O) groups excluding carboxylic acids is 1. The van der Waals surface area contributed by atoms with Gasteiger partial charge in [-0.3, -0.25) is 9.79 Å². The fourth-order valence-electron chi connectivity index (χ4n) is 1.58. The van der Waals surface area contributed by atoms with Gasteiger partial charge in [-0.05, 0) is 27.2 Å². The van der Waals surface area contributed by atoms with Gasteiger partial charge in [0.05, 0.1) is 5.75 Å². The SMILES string of the molecule is CN=C(NCCC(=O)NC(C)C)NC(C)CCS(C)(=O)=O.I. The van der Waals surface area contributed by atoms with Crippen LogP contribution in [0, 0.1) is 0 Å². The van der Waals surface area contributed by atoms with E-state index in [2.05, 4.69) is 20.9 Å². The van der Waals surface area contributed by atoms with E-state index in [0.29, 0.717) is 25.3 Å². The fourth-order valence-corrected chi connectivity index (χ4v) is 2.36. The van der Waals surface area contributed by atoms with Crippen LogP contribution in [-0.2, 0) is 14.6 Å². The van der Waals surface area contributed by atoms with E-state index in [0.717, 1.165) is 0 Å². The van der Waals surface area contributed by atoms with Crippen molar-refractivity contribution in [1.82, 2.24) is 16.0 Å². The maximum absolute atomic E-state index is 11.5. The zero-order valence-electron chi connectivity index (χ0n) is 14.0. The molecule has 0 heterocycles. The Morgan fingerprint density at radius 3 is 2.23 bits per heavy atom.